The van der Waals surface area contributed by atoms with Crippen LogP contribution in [0.4, 0.5) is 9.18 Å². The molecule has 3 rings (SSSR count). The molecule has 9 nitrogen and oxygen atoms in total. The van der Waals surface area contributed by atoms with Gasteiger partial charge in [-0.05, 0) is 45.7 Å². The molecule has 1 unspecified atom stereocenters. The summed E-state index contributed by atoms with van der Waals surface area (Å²) in [6, 6.07) is 7.55. The van der Waals surface area contributed by atoms with E-state index in [0.717, 1.165) is 0 Å². The number of carbonyl (C=O) groups excluding carboxylic acids is 2. The van der Waals surface area contributed by atoms with Crippen LogP contribution in [0.25, 0.3) is 10.6 Å². The van der Waals surface area contributed by atoms with E-state index < -0.39 is 35.6 Å². The Hall–Kier alpha value is -3.54. The highest BCUT2D eigenvalue weighted by Gasteiger charge is 2.31. The van der Waals surface area contributed by atoms with E-state index in [9.17, 15) is 19.2 Å². The molecule has 0 spiro atoms. The van der Waals surface area contributed by atoms with Gasteiger partial charge in [0.15, 0.2) is 6.10 Å². The molecule has 1 saturated heterocycles. The van der Waals surface area contributed by atoms with E-state index in [1.165, 1.54) is 28.4 Å². The van der Waals surface area contributed by atoms with Gasteiger partial charge >= 0.3 is 6.09 Å². The van der Waals surface area contributed by atoms with Crippen LogP contribution in [0.3, 0.4) is 0 Å². The summed E-state index contributed by atoms with van der Waals surface area (Å²) in [6.45, 7) is 7.63. The first kappa shape index (κ1) is 27.1. The number of carbonyl (C=O) groups is 2. The molecule has 0 saturated carbocycles. The summed E-state index contributed by atoms with van der Waals surface area (Å²) in [7, 11) is 0. The maximum atomic E-state index is 14.8. The predicted molar refractivity (Wildman–Crippen MR) is 130 cm³/mol. The lowest BCUT2D eigenvalue weighted by Gasteiger charge is -2.27. The van der Waals surface area contributed by atoms with Gasteiger partial charge in [0.25, 0.3) is 5.91 Å². The number of ether oxygens (including phenoxy) is 2. The van der Waals surface area contributed by atoms with Crippen LogP contribution in [-0.2, 0) is 20.7 Å². The molecule has 2 amide bonds. The second-order valence-corrected chi connectivity index (χ2v) is 10.4. The van der Waals surface area contributed by atoms with Crippen molar-refractivity contribution in [2.24, 2.45) is 0 Å². The summed E-state index contributed by atoms with van der Waals surface area (Å²) in [4.78, 5) is 31.5. The smallest absolute Gasteiger partial charge is 0.410 e. The number of nitrogens with zero attached hydrogens (tertiary/aromatic N) is 4. The normalized spacial score (nSPS) is 16.9. The minimum absolute atomic E-state index is 0.0140. The zero-order chi connectivity index (χ0) is 26.5. The van der Waals surface area contributed by atoms with E-state index in [1.807, 2.05) is 6.07 Å². The molecule has 2 atom stereocenters. The van der Waals surface area contributed by atoms with Crippen LogP contribution in [0, 0.1) is 35.4 Å². The lowest BCUT2D eigenvalue weighted by atomic mass is 10.0. The first-order valence-electron chi connectivity index (χ1n) is 11.5. The van der Waals surface area contributed by atoms with Crippen molar-refractivity contribution in [1.82, 2.24) is 15.2 Å². The van der Waals surface area contributed by atoms with Crippen LogP contribution in [0.2, 0.25) is 0 Å². The summed E-state index contributed by atoms with van der Waals surface area (Å²) in [5.74, 6) is -1.11. The Kier molecular flexibility index (Phi) is 8.62. The molecule has 1 aliphatic rings. The number of nitrogens with one attached hydrogen (secondary N) is 1. The molecule has 36 heavy (non-hydrogen) atoms. The van der Waals surface area contributed by atoms with Gasteiger partial charge < -0.3 is 19.7 Å². The van der Waals surface area contributed by atoms with Gasteiger partial charge in [-0.1, -0.05) is 12.1 Å². The van der Waals surface area contributed by atoms with Crippen molar-refractivity contribution in [1.29, 1.82) is 10.5 Å². The lowest BCUT2D eigenvalue weighted by molar-refractivity contribution is -0.133. The summed E-state index contributed by atoms with van der Waals surface area (Å²) in [5.41, 5.74) is 0.679. The van der Waals surface area contributed by atoms with E-state index in [-0.39, 0.29) is 25.1 Å². The number of halogens is 1. The van der Waals surface area contributed by atoms with E-state index in [2.05, 4.69) is 16.4 Å². The van der Waals surface area contributed by atoms with Crippen molar-refractivity contribution in [3.05, 3.63) is 40.2 Å². The van der Waals surface area contributed by atoms with Crippen molar-refractivity contribution >= 4 is 23.3 Å². The number of hydrogen-bond donors (Lipinski definition) is 1. The van der Waals surface area contributed by atoms with Crippen molar-refractivity contribution < 1.29 is 23.5 Å². The van der Waals surface area contributed by atoms with Gasteiger partial charge in [-0.25, -0.2) is 14.2 Å². The first-order chi connectivity index (χ1) is 17.0. The van der Waals surface area contributed by atoms with Crippen LogP contribution >= 0.6 is 11.3 Å². The average Bonchev–Trinajstić information content (AvgIpc) is 3.02. The molecular formula is C25H28FN5O4S. The summed E-state index contributed by atoms with van der Waals surface area (Å²) in [5, 5.41) is 21.8. The highest BCUT2D eigenvalue weighted by molar-refractivity contribution is 7.15. The van der Waals surface area contributed by atoms with E-state index in [4.69, 9.17) is 14.7 Å². The molecule has 190 valence electrons. The number of rotatable bonds is 5. The number of benzene rings is 1. The molecule has 1 aromatic heterocycles. The summed E-state index contributed by atoms with van der Waals surface area (Å²) < 4.78 is 25.9. The number of thiazole rings is 1. The zero-order valence-electron chi connectivity index (χ0n) is 20.6. The van der Waals surface area contributed by atoms with Gasteiger partial charge in [0.05, 0.1) is 18.3 Å². The largest absolute Gasteiger partial charge is 0.444 e. The predicted octanol–water partition coefficient (Wildman–Crippen LogP) is 3.71. The SMILES string of the molecule is Cc1nc(-c2ccc(C[C@@H](C#N)NC(=O)C3CN(C(=O)OC(C)(C)C)CCCO3)c(F)c2)sc1C#N. The highest BCUT2D eigenvalue weighted by atomic mass is 32.1. The lowest BCUT2D eigenvalue weighted by Crippen LogP contribution is -2.48. The van der Waals surface area contributed by atoms with Crippen LogP contribution in [0.5, 0.6) is 0 Å². The molecule has 1 N–H and O–H groups in total. The molecule has 1 aromatic carbocycles. The van der Waals surface area contributed by atoms with E-state index in [1.54, 1.807) is 33.8 Å². The summed E-state index contributed by atoms with van der Waals surface area (Å²) >= 11 is 1.18. The Morgan fingerprint density at radius 2 is 2.14 bits per heavy atom. The fourth-order valence-electron chi connectivity index (χ4n) is 3.56. The third kappa shape index (κ3) is 7.00. The van der Waals surface area contributed by atoms with E-state index in [0.29, 0.717) is 34.1 Å². The maximum Gasteiger partial charge on any atom is 0.410 e. The van der Waals surface area contributed by atoms with Crippen molar-refractivity contribution in [2.75, 3.05) is 19.7 Å². The molecule has 1 aliphatic heterocycles. The van der Waals surface area contributed by atoms with Gasteiger partial charge in [0, 0.05) is 25.1 Å². The van der Waals surface area contributed by atoms with E-state index >= 15 is 0 Å². The molecule has 2 heterocycles. The Bertz CT molecular complexity index is 1210. The van der Waals surface area contributed by atoms with Gasteiger partial charge in [-0.15, -0.1) is 11.3 Å². The van der Waals surface area contributed by atoms with Crippen LogP contribution in [0.1, 0.15) is 43.3 Å². The molecule has 1 fully saturated rings. The second-order valence-electron chi connectivity index (χ2n) is 9.39. The maximum absolute atomic E-state index is 14.8. The van der Waals surface area contributed by atoms with Gasteiger partial charge in [-0.2, -0.15) is 10.5 Å². The van der Waals surface area contributed by atoms with Crippen LogP contribution in [-0.4, -0.2) is 59.3 Å². The fraction of sp³-hybridized carbons (Fsp3) is 0.480. The summed E-state index contributed by atoms with van der Waals surface area (Å²) in [6.07, 6.45) is -1.04. The monoisotopic (exact) mass is 513 g/mol. The third-order valence-electron chi connectivity index (χ3n) is 5.32. The zero-order valence-corrected chi connectivity index (χ0v) is 21.4. The Balaban J connectivity index is 1.66. The molecule has 0 aliphatic carbocycles. The Morgan fingerprint density at radius 1 is 1.39 bits per heavy atom. The number of aromatic nitrogens is 1. The number of aryl methyl sites for hydroxylation is 1. The molecule has 2 aromatic rings. The Labute approximate surface area is 213 Å². The number of hydrogen-bond acceptors (Lipinski definition) is 8. The molecule has 11 heteroatoms. The standard InChI is InChI=1S/C25H28FN5O4S/c1-15-21(13-28)36-23(29-15)17-7-6-16(19(26)11-17)10-18(12-27)30-22(32)20-14-31(8-5-9-34-20)24(33)35-25(2,3)4/h6-7,11,18,20H,5,8-10,14H2,1-4H3,(H,30,32)/t18-,20?/m0/s1. The van der Waals surface area contributed by atoms with Crippen molar-refractivity contribution in [3.8, 4) is 22.7 Å². The van der Waals surface area contributed by atoms with Crippen LogP contribution < -0.4 is 5.32 Å². The average molecular weight is 514 g/mol. The third-order valence-corrected chi connectivity index (χ3v) is 6.43. The Morgan fingerprint density at radius 3 is 2.75 bits per heavy atom. The first-order valence-corrected chi connectivity index (χ1v) is 12.3. The van der Waals surface area contributed by atoms with Crippen molar-refractivity contribution in [3.63, 3.8) is 0 Å². The minimum atomic E-state index is -1.01. The number of amides is 2. The van der Waals surface area contributed by atoms with Gasteiger partial charge in [0.1, 0.15) is 33.4 Å². The number of nitriles is 2. The molecular weight excluding hydrogens is 485 g/mol. The fourth-order valence-corrected chi connectivity index (χ4v) is 4.42. The molecule has 0 radical (unpaired) electrons. The van der Waals surface area contributed by atoms with Crippen molar-refractivity contribution in [2.45, 2.75) is 58.3 Å². The highest BCUT2D eigenvalue weighted by Crippen LogP contribution is 2.29. The quantitative estimate of drug-likeness (QED) is 0.645. The molecule has 0 bridgehead atoms. The minimum Gasteiger partial charge on any atom is -0.444 e. The second kappa shape index (κ2) is 11.5. The van der Waals surface area contributed by atoms with Crippen LogP contribution in [0.15, 0.2) is 18.2 Å². The topological polar surface area (TPSA) is 128 Å². The van der Waals surface area contributed by atoms with Gasteiger partial charge in [0.2, 0.25) is 0 Å². The van der Waals surface area contributed by atoms with Gasteiger partial charge in [-0.3, -0.25) is 4.79 Å².